The highest BCUT2D eigenvalue weighted by Crippen LogP contribution is 2.04. The van der Waals surface area contributed by atoms with Crippen molar-refractivity contribution in [2.45, 2.75) is 26.8 Å². The number of anilines is 1. The second-order valence-corrected chi connectivity index (χ2v) is 4.28. The van der Waals surface area contributed by atoms with Crippen LogP contribution in [0.2, 0.25) is 0 Å². The first-order chi connectivity index (χ1) is 9.19. The molecule has 19 heavy (non-hydrogen) atoms. The summed E-state index contributed by atoms with van der Waals surface area (Å²) in [5.41, 5.74) is 1.18. The summed E-state index contributed by atoms with van der Waals surface area (Å²) in [5, 5.41) is 12.0. The van der Waals surface area contributed by atoms with E-state index in [1.165, 1.54) is 0 Å². The first-order valence-corrected chi connectivity index (χ1v) is 6.16. The SMILES string of the molecule is Cc1cc(C#N)nc(NCCCn2ccnc2C)n1. The van der Waals surface area contributed by atoms with Crippen LogP contribution in [0.4, 0.5) is 5.95 Å². The number of imidazole rings is 1. The number of hydrogen-bond donors (Lipinski definition) is 1. The quantitative estimate of drug-likeness (QED) is 0.823. The summed E-state index contributed by atoms with van der Waals surface area (Å²) in [6, 6.07) is 3.69. The maximum Gasteiger partial charge on any atom is 0.224 e. The molecule has 6 heteroatoms. The van der Waals surface area contributed by atoms with Gasteiger partial charge in [0.25, 0.3) is 0 Å². The highest BCUT2D eigenvalue weighted by molar-refractivity contribution is 5.32. The fourth-order valence-electron chi connectivity index (χ4n) is 1.79. The van der Waals surface area contributed by atoms with Crippen LogP contribution in [0.25, 0.3) is 0 Å². The zero-order chi connectivity index (χ0) is 13.7. The van der Waals surface area contributed by atoms with E-state index in [-0.39, 0.29) is 0 Å². The predicted molar refractivity (Wildman–Crippen MR) is 71.6 cm³/mol. The van der Waals surface area contributed by atoms with Crippen LogP contribution in [-0.2, 0) is 6.54 Å². The fraction of sp³-hybridized carbons (Fsp3) is 0.385. The van der Waals surface area contributed by atoms with Gasteiger partial charge in [0, 0.05) is 31.2 Å². The zero-order valence-corrected chi connectivity index (χ0v) is 11.1. The van der Waals surface area contributed by atoms with Crippen LogP contribution in [0.1, 0.15) is 23.6 Å². The minimum atomic E-state index is 0.389. The first kappa shape index (κ1) is 13.0. The minimum Gasteiger partial charge on any atom is -0.354 e. The lowest BCUT2D eigenvalue weighted by Crippen LogP contribution is -2.10. The van der Waals surface area contributed by atoms with Gasteiger partial charge in [-0.05, 0) is 26.3 Å². The largest absolute Gasteiger partial charge is 0.354 e. The maximum atomic E-state index is 8.84. The predicted octanol–water partition coefficient (Wildman–Crippen LogP) is 1.66. The molecule has 0 fully saturated rings. The van der Waals surface area contributed by atoms with E-state index in [9.17, 15) is 0 Å². The Bertz CT molecular complexity index is 595. The van der Waals surface area contributed by atoms with E-state index in [1.54, 1.807) is 12.3 Å². The van der Waals surface area contributed by atoms with Gasteiger partial charge >= 0.3 is 0 Å². The monoisotopic (exact) mass is 256 g/mol. The van der Waals surface area contributed by atoms with Gasteiger partial charge in [0.2, 0.25) is 5.95 Å². The fourth-order valence-corrected chi connectivity index (χ4v) is 1.79. The van der Waals surface area contributed by atoms with Crippen molar-refractivity contribution in [2.24, 2.45) is 0 Å². The van der Waals surface area contributed by atoms with Crippen LogP contribution in [0, 0.1) is 25.2 Å². The van der Waals surface area contributed by atoms with Crippen molar-refractivity contribution in [3.63, 3.8) is 0 Å². The first-order valence-electron chi connectivity index (χ1n) is 6.16. The van der Waals surface area contributed by atoms with Crippen LogP contribution in [0.5, 0.6) is 0 Å². The van der Waals surface area contributed by atoms with Crippen LogP contribution in [0.3, 0.4) is 0 Å². The molecule has 0 aromatic carbocycles. The Morgan fingerprint density at radius 1 is 1.37 bits per heavy atom. The molecule has 2 rings (SSSR count). The van der Waals surface area contributed by atoms with Gasteiger partial charge in [-0.25, -0.2) is 15.0 Å². The van der Waals surface area contributed by atoms with E-state index in [0.29, 0.717) is 11.6 Å². The summed E-state index contributed by atoms with van der Waals surface area (Å²) in [6.45, 7) is 5.49. The Hall–Kier alpha value is -2.42. The van der Waals surface area contributed by atoms with Crippen molar-refractivity contribution >= 4 is 5.95 Å². The van der Waals surface area contributed by atoms with Gasteiger partial charge in [-0.15, -0.1) is 0 Å². The van der Waals surface area contributed by atoms with Crippen molar-refractivity contribution in [3.8, 4) is 6.07 Å². The van der Waals surface area contributed by atoms with Gasteiger partial charge < -0.3 is 9.88 Å². The highest BCUT2D eigenvalue weighted by Gasteiger charge is 2.01. The number of hydrogen-bond acceptors (Lipinski definition) is 5. The third kappa shape index (κ3) is 3.52. The number of aryl methyl sites for hydroxylation is 3. The summed E-state index contributed by atoms with van der Waals surface area (Å²) < 4.78 is 2.10. The highest BCUT2D eigenvalue weighted by atomic mass is 15.1. The van der Waals surface area contributed by atoms with Crippen molar-refractivity contribution in [2.75, 3.05) is 11.9 Å². The van der Waals surface area contributed by atoms with Gasteiger partial charge in [-0.1, -0.05) is 0 Å². The van der Waals surface area contributed by atoms with Crippen LogP contribution >= 0.6 is 0 Å². The lowest BCUT2D eigenvalue weighted by atomic mass is 10.3. The third-order valence-electron chi connectivity index (χ3n) is 2.75. The molecule has 0 aliphatic carbocycles. The van der Waals surface area contributed by atoms with Crippen molar-refractivity contribution < 1.29 is 0 Å². The van der Waals surface area contributed by atoms with Crippen molar-refractivity contribution in [3.05, 3.63) is 35.7 Å². The summed E-state index contributed by atoms with van der Waals surface area (Å²) in [6.07, 6.45) is 4.70. The molecule has 0 radical (unpaired) electrons. The van der Waals surface area contributed by atoms with Gasteiger partial charge in [0.05, 0.1) is 0 Å². The second-order valence-electron chi connectivity index (χ2n) is 4.28. The standard InChI is InChI=1S/C13H16N6/c1-10-8-12(9-14)18-13(17-10)16-4-3-6-19-7-5-15-11(19)2/h5,7-8H,3-4,6H2,1-2H3,(H,16,17,18). The second kappa shape index (κ2) is 5.96. The molecule has 0 unspecified atom stereocenters. The molecule has 6 nitrogen and oxygen atoms in total. The molecular formula is C13H16N6. The summed E-state index contributed by atoms with van der Waals surface area (Å²) >= 11 is 0. The molecule has 2 aromatic heterocycles. The number of nitrogens with zero attached hydrogens (tertiary/aromatic N) is 5. The van der Waals surface area contributed by atoms with Gasteiger partial charge in [-0.2, -0.15) is 5.26 Å². The molecule has 98 valence electrons. The van der Waals surface area contributed by atoms with E-state index in [1.807, 2.05) is 26.1 Å². The molecule has 0 saturated heterocycles. The number of rotatable bonds is 5. The Balaban J connectivity index is 1.85. The number of nitriles is 1. The smallest absolute Gasteiger partial charge is 0.224 e. The van der Waals surface area contributed by atoms with E-state index < -0.39 is 0 Å². The Kier molecular flexibility index (Phi) is 4.08. The summed E-state index contributed by atoms with van der Waals surface area (Å²) in [5.74, 6) is 1.53. The lowest BCUT2D eigenvalue weighted by Gasteiger charge is -2.07. The molecule has 0 spiro atoms. The molecule has 0 bridgehead atoms. The average molecular weight is 256 g/mol. The summed E-state index contributed by atoms with van der Waals surface area (Å²) in [7, 11) is 0. The topological polar surface area (TPSA) is 79.4 Å². The van der Waals surface area contributed by atoms with Gasteiger partial charge in [0.1, 0.15) is 17.6 Å². The van der Waals surface area contributed by atoms with Crippen molar-refractivity contribution in [1.82, 2.24) is 19.5 Å². The van der Waals surface area contributed by atoms with Crippen molar-refractivity contribution in [1.29, 1.82) is 5.26 Å². The minimum absolute atomic E-state index is 0.389. The molecule has 0 atom stereocenters. The van der Waals surface area contributed by atoms with Crippen LogP contribution in [0.15, 0.2) is 18.5 Å². The normalized spacial score (nSPS) is 10.2. The maximum absolute atomic E-state index is 8.84. The number of aromatic nitrogens is 4. The average Bonchev–Trinajstić information content (AvgIpc) is 2.80. The van der Waals surface area contributed by atoms with E-state index >= 15 is 0 Å². The lowest BCUT2D eigenvalue weighted by molar-refractivity contribution is 0.641. The summed E-state index contributed by atoms with van der Waals surface area (Å²) in [4.78, 5) is 12.5. The molecule has 2 heterocycles. The van der Waals surface area contributed by atoms with E-state index in [4.69, 9.17) is 5.26 Å². The Morgan fingerprint density at radius 2 is 2.21 bits per heavy atom. The molecule has 0 aliphatic rings. The molecule has 2 aromatic rings. The Labute approximate surface area is 112 Å². The molecule has 0 saturated carbocycles. The third-order valence-corrected chi connectivity index (χ3v) is 2.75. The molecule has 0 amide bonds. The number of nitrogens with one attached hydrogen (secondary N) is 1. The Morgan fingerprint density at radius 3 is 2.89 bits per heavy atom. The van der Waals surface area contributed by atoms with Gasteiger partial charge in [0.15, 0.2) is 0 Å². The van der Waals surface area contributed by atoms with E-state index in [2.05, 4.69) is 24.8 Å². The van der Waals surface area contributed by atoms with Crippen LogP contribution < -0.4 is 5.32 Å². The van der Waals surface area contributed by atoms with Crippen LogP contribution in [-0.4, -0.2) is 26.1 Å². The molecule has 1 N–H and O–H groups in total. The molecule has 0 aliphatic heterocycles. The zero-order valence-electron chi connectivity index (χ0n) is 11.1. The van der Waals surface area contributed by atoms with E-state index in [0.717, 1.165) is 31.0 Å². The molecular weight excluding hydrogens is 240 g/mol. The van der Waals surface area contributed by atoms with Gasteiger partial charge in [-0.3, -0.25) is 0 Å².